The number of amides is 1. The minimum Gasteiger partial charge on any atom is -0.507 e. The molecule has 1 amide bonds. The zero-order valence-corrected chi connectivity index (χ0v) is 16.9. The summed E-state index contributed by atoms with van der Waals surface area (Å²) < 4.78 is 25.3. The van der Waals surface area contributed by atoms with Crippen LogP contribution < -0.4 is 4.74 Å². The van der Waals surface area contributed by atoms with Crippen molar-refractivity contribution < 1.29 is 28.6 Å². The average Bonchev–Trinajstić information content (AvgIpc) is 3.00. The Hall–Kier alpha value is -3.19. The summed E-state index contributed by atoms with van der Waals surface area (Å²) in [6.45, 7) is 2.72. The van der Waals surface area contributed by atoms with Gasteiger partial charge in [0.1, 0.15) is 17.3 Å². The van der Waals surface area contributed by atoms with Crippen molar-refractivity contribution >= 4 is 17.4 Å². The molecule has 0 spiro atoms. The Morgan fingerprint density at radius 3 is 2.60 bits per heavy atom. The maximum absolute atomic E-state index is 14.6. The number of aliphatic hydroxyl groups is 1. The van der Waals surface area contributed by atoms with Crippen LogP contribution in [0, 0.1) is 5.82 Å². The van der Waals surface area contributed by atoms with Gasteiger partial charge in [0.25, 0.3) is 11.7 Å². The first kappa shape index (κ1) is 21.5. The molecule has 1 aliphatic heterocycles. The molecule has 0 radical (unpaired) electrons. The third-order valence-corrected chi connectivity index (χ3v) is 4.86. The first-order valence-corrected chi connectivity index (χ1v) is 9.74. The second kappa shape index (κ2) is 9.54. The van der Waals surface area contributed by atoms with E-state index in [1.54, 1.807) is 30.3 Å². The summed E-state index contributed by atoms with van der Waals surface area (Å²) in [4.78, 5) is 26.8. The lowest BCUT2D eigenvalue weighted by Crippen LogP contribution is -2.33. The Morgan fingerprint density at radius 2 is 1.90 bits per heavy atom. The first-order valence-electron chi connectivity index (χ1n) is 9.74. The normalized spacial score (nSPS) is 18.1. The van der Waals surface area contributed by atoms with Gasteiger partial charge in [-0.3, -0.25) is 9.59 Å². The van der Waals surface area contributed by atoms with E-state index >= 15 is 0 Å². The molecule has 1 heterocycles. The number of aliphatic hydroxyl groups excluding tert-OH is 1. The average molecular weight is 413 g/mol. The van der Waals surface area contributed by atoms with Crippen molar-refractivity contribution in [2.24, 2.45) is 0 Å². The zero-order chi connectivity index (χ0) is 21.7. The lowest BCUT2D eigenvalue weighted by Gasteiger charge is -2.25. The molecular formula is C23H24FNO5. The number of carbonyl (C=O) groups is 2. The summed E-state index contributed by atoms with van der Waals surface area (Å²) in [6, 6.07) is 11.5. The molecule has 1 unspecified atom stereocenters. The standard InChI is InChI=1S/C23H24FNO5/c1-3-12-30-16-8-6-7-15(14-16)21(26)19-20(17-9-4-5-10-18(17)24)25(11-13-29-2)23(28)22(19)27/h4-10,14,20,26H,3,11-13H2,1-2H3. The number of ether oxygens (including phenoxy) is 2. The molecule has 2 aromatic rings. The molecule has 1 N–H and O–H groups in total. The number of likely N-dealkylation sites (tertiary alicyclic amines) is 1. The molecule has 30 heavy (non-hydrogen) atoms. The lowest BCUT2D eigenvalue weighted by atomic mass is 9.95. The lowest BCUT2D eigenvalue weighted by molar-refractivity contribution is -0.140. The molecule has 0 saturated carbocycles. The Morgan fingerprint density at radius 1 is 1.13 bits per heavy atom. The van der Waals surface area contributed by atoms with Gasteiger partial charge in [0.05, 0.1) is 24.8 Å². The topological polar surface area (TPSA) is 76.1 Å². The number of Topliss-reactive ketones (excluding diaryl/α,β-unsaturated/α-hetero) is 1. The van der Waals surface area contributed by atoms with Crippen molar-refractivity contribution in [1.29, 1.82) is 0 Å². The fourth-order valence-corrected chi connectivity index (χ4v) is 3.43. The maximum Gasteiger partial charge on any atom is 0.295 e. The SMILES string of the molecule is CCCOc1cccc(C(O)=C2C(=O)C(=O)N(CCOC)C2c2ccccc2F)c1. The second-order valence-electron chi connectivity index (χ2n) is 6.88. The van der Waals surface area contributed by atoms with E-state index in [1.807, 2.05) is 6.92 Å². The molecule has 6 nitrogen and oxygen atoms in total. The molecule has 158 valence electrons. The van der Waals surface area contributed by atoms with E-state index in [0.29, 0.717) is 17.9 Å². The quantitative estimate of drug-likeness (QED) is 0.406. The minimum absolute atomic E-state index is 0.0799. The number of nitrogens with zero attached hydrogens (tertiary/aromatic N) is 1. The Bertz CT molecular complexity index is 972. The summed E-state index contributed by atoms with van der Waals surface area (Å²) in [5.41, 5.74) is 0.288. The van der Waals surface area contributed by atoms with E-state index in [0.717, 1.165) is 6.42 Å². The fraction of sp³-hybridized carbons (Fsp3) is 0.304. The van der Waals surface area contributed by atoms with Gasteiger partial charge < -0.3 is 19.5 Å². The highest BCUT2D eigenvalue weighted by atomic mass is 19.1. The van der Waals surface area contributed by atoms with Gasteiger partial charge in [-0.25, -0.2) is 4.39 Å². The monoisotopic (exact) mass is 413 g/mol. The number of halogens is 1. The van der Waals surface area contributed by atoms with Crippen LogP contribution in [0.2, 0.25) is 0 Å². The molecule has 0 aromatic heterocycles. The Kier molecular flexibility index (Phi) is 6.84. The number of hydrogen-bond acceptors (Lipinski definition) is 5. The number of rotatable bonds is 8. The minimum atomic E-state index is -1.05. The summed E-state index contributed by atoms with van der Waals surface area (Å²) >= 11 is 0. The third-order valence-electron chi connectivity index (χ3n) is 4.86. The number of carbonyl (C=O) groups excluding carboxylic acids is 2. The van der Waals surface area contributed by atoms with Crippen LogP contribution in [0.1, 0.15) is 30.5 Å². The van der Waals surface area contributed by atoms with Gasteiger partial charge in [0.2, 0.25) is 0 Å². The van der Waals surface area contributed by atoms with Crippen LogP contribution in [0.25, 0.3) is 5.76 Å². The predicted molar refractivity (Wildman–Crippen MR) is 110 cm³/mol. The van der Waals surface area contributed by atoms with Crippen molar-refractivity contribution in [1.82, 2.24) is 4.90 Å². The summed E-state index contributed by atoms with van der Waals surface area (Å²) in [6.07, 6.45) is 0.814. The van der Waals surface area contributed by atoms with Gasteiger partial charge in [0, 0.05) is 24.8 Å². The van der Waals surface area contributed by atoms with Crippen molar-refractivity contribution in [2.75, 3.05) is 26.9 Å². The van der Waals surface area contributed by atoms with Crippen LogP contribution in [0.15, 0.2) is 54.1 Å². The van der Waals surface area contributed by atoms with Gasteiger partial charge in [-0.2, -0.15) is 0 Å². The molecular weight excluding hydrogens is 389 g/mol. The molecule has 1 aliphatic rings. The second-order valence-corrected chi connectivity index (χ2v) is 6.88. The number of methoxy groups -OCH3 is 1. The third kappa shape index (κ3) is 4.21. The number of hydrogen-bond donors (Lipinski definition) is 1. The van der Waals surface area contributed by atoms with Crippen molar-refractivity contribution in [3.63, 3.8) is 0 Å². The van der Waals surface area contributed by atoms with Gasteiger partial charge in [-0.1, -0.05) is 37.3 Å². The highest BCUT2D eigenvalue weighted by Gasteiger charge is 2.46. The van der Waals surface area contributed by atoms with Gasteiger partial charge in [-0.15, -0.1) is 0 Å². The Labute approximate surface area is 174 Å². The van der Waals surface area contributed by atoms with Crippen molar-refractivity contribution in [2.45, 2.75) is 19.4 Å². The van der Waals surface area contributed by atoms with Crippen LogP contribution in [-0.4, -0.2) is 48.6 Å². The molecule has 1 atom stereocenters. The van der Waals surface area contributed by atoms with E-state index in [4.69, 9.17) is 9.47 Å². The van der Waals surface area contributed by atoms with E-state index in [9.17, 15) is 19.1 Å². The Balaban J connectivity index is 2.13. The van der Waals surface area contributed by atoms with E-state index in [1.165, 1.54) is 30.2 Å². The number of benzene rings is 2. The van der Waals surface area contributed by atoms with E-state index in [2.05, 4.69) is 0 Å². The maximum atomic E-state index is 14.6. The molecule has 0 bridgehead atoms. The highest BCUT2D eigenvalue weighted by Crippen LogP contribution is 2.40. The predicted octanol–water partition coefficient (Wildman–Crippen LogP) is 3.68. The largest absolute Gasteiger partial charge is 0.507 e. The van der Waals surface area contributed by atoms with Gasteiger partial charge in [0.15, 0.2) is 0 Å². The molecule has 3 rings (SSSR count). The summed E-state index contributed by atoms with van der Waals surface area (Å²) in [5, 5.41) is 11.0. The molecule has 0 aliphatic carbocycles. The van der Waals surface area contributed by atoms with Crippen LogP contribution in [0.4, 0.5) is 4.39 Å². The van der Waals surface area contributed by atoms with Crippen molar-refractivity contribution in [3.05, 3.63) is 71.0 Å². The van der Waals surface area contributed by atoms with Crippen LogP contribution in [0.5, 0.6) is 5.75 Å². The zero-order valence-electron chi connectivity index (χ0n) is 16.9. The molecule has 1 fully saturated rings. The van der Waals surface area contributed by atoms with Crippen molar-refractivity contribution in [3.8, 4) is 5.75 Å². The van der Waals surface area contributed by atoms with Crippen LogP contribution >= 0.6 is 0 Å². The first-order chi connectivity index (χ1) is 14.5. The van der Waals surface area contributed by atoms with Crippen LogP contribution in [-0.2, 0) is 14.3 Å². The molecule has 2 aromatic carbocycles. The summed E-state index contributed by atoms with van der Waals surface area (Å²) in [7, 11) is 1.47. The van der Waals surface area contributed by atoms with E-state index in [-0.39, 0.29) is 30.0 Å². The van der Waals surface area contributed by atoms with Crippen LogP contribution in [0.3, 0.4) is 0 Å². The molecule has 7 heteroatoms. The van der Waals surface area contributed by atoms with E-state index < -0.39 is 23.5 Å². The molecule has 1 saturated heterocycles. The smallest absolute Gasteiger partial charge is 0.295 e. The van der Waals surface area contributed by atoms with Gasteiger partial charge >= 0.3 is 0 Å². The fourth-order valence-electron chi connectivity index (χ4n) is 3.43. The number of ketones is 1. The van der Waals surface area contributed by atoms with Gasteiger partial charge in [-0.05, 0) is 24.6 Å². The highest BCUT2D eigenvalue weighted by molar-refractivity contribution is 6.46. The summed E-state index contributed by atoms with van der Waals surface area (Å²) in [5.74, 6) is -2.09.